The Kier molecular flexibility index (Phi) is 13.0. The van der Waals surface area contributed by atoms with Gasteiger partial charge < -0.3 is 25.4 Å². The SMILES string of the molecule is CSCCC(NC(=O)OC(C)(C)C)C(=O)N(C(C)CCC(C)C)C(C(=O)NC(C)(C)C)c1ccccc1O. The first-order valence-corrected chi connectivity index (χ1v) is 14.8. The Labute approximate surface area is 233 Å². The molecule has 0 heterocycles. The summed E-state index contributed by atoms with van der Waals surface area (Å²) in [5.41, 5.74) is -0.963. The van der Waals surface area contributed by atoms with Gasteiger partial charge in [0, 0.05) is 17.1 Å². The van der Waals surface area contributed by atoms with E-state index in [0.717, 1.165) is 6.42 Å². The number of phenols is 1. The third-order valence-corrected chi connectivity index (χ3v) is 6.39. The molecule has 3 N–H and O–H groups in total. The molecule has 0 saturated heterocycles. The number of benzene rings is 1. The van der Waals surface area contributed by atoms with Crippen LogP contribution in [0.3, 0.4) is 0 Å². The van der Waals surface area contributed by atoms with Gasteiger partial charge in [-0.05, 0) is 91.7 Å². The number of para-hydroxylation sites is 1. The Morgan fingerprint density at radius 1 is 1.00 bits per heavy atom. The van der Waals surface area contributed by atoms with Crippen molar-refractivity contribution in [2.75, 3.05) is 12.0 Å². The van der Waals surface area contributed by atoms with Gasteiger partial charge >= 0.3 is 6.09 Å². The van der Waals surface area contributed by atoms with Gasteiger partial charge in [0.25, 0.3) is 0 Å². The number of nitrogens with one attached hydrogen (secondary N) is 2. The Balaban J connectivity index is 3.65. The first kappa shape index (κ1) is 33.6. The van der Waals surface area contributed by atoms with Crippen molar-refractivity contribution in [2.45, 2.75) is 111 Å². The Bertz CT molecular complexity index is 924. The number of alkyl carbamates (subject to hydrolysis) is 1. The molecule has 216 valence electrons. The molecule has 0 bridgehead atoms. The summed E-state index contributed by atoms with van der Waals surface area (Å²) < 4.78 is 5.45. The average Bonchev–Trinajstić information content (AvgIpc) is 2.76. The fourth-order valence-electron chi connectivity index (χ4n) is 4.01. The largest absolute Gasteiger partial charge is 0.508 e. The summed E-state index contributed by atoms with van der Waals surface area (Å²) >= 11 is 1.56. The summed E-state index contributed by atoms with van der Waals surface area (Å²) in [5, 5.41) is 16.6. The quantitative estimate of drug-likeness (QED) is 0.310. The Hall–Kier alpha value is -2.42. The highest BCUT2D eigenvalue weighted by molar-refractivity contribution is 7.98. The van der Waals surface area contributed by atoms with Crippen molar-refractivity contribution in [2.24, 2.45) is 5.92 Å². The molecular formula is C29H49N3O5S. The van der Waals surface area contributed by atoms with Crippen LogP contribution >= 0.6 is 11.8 Å². The zero-order chi connectivity index (χ0) is 29.3. The van der Waals surface area contributed by atoms with Crippen molar-refractivity contribution in [3.63, 3.8) is 0 Å². The minimum atomic E-state index is -1.10. The summed E-state index contributed by atoms with van der Waals surface area (Å²) in [6.07, 6.45) is 3.09. The average molecular weight is 552 g/mol. The van der Waals surface area contributed by atoms with Crippen LogP contribution in [0.25, 0.3) is 0 Å². The number of thioether (sulfide) groups is 1. The van der Waals surface area contributed by atoms with E-state index in [4.69, 9.17) is 4.74 Å². The van der Waals surface area contributed by atoms with Gasteiger partial charge in [0.1, 0.15) is 23.4 Å². The summed E-state index contributed by atoms with van der Waals surface area (Å²) in [5.74, 6) is 0.156. The predicted octanol–water partition coefficient (Wildman–Crippen LogP) is 5.65. The molecule has 1 aromatic carbocycles. The molecule has 0 radical (unpaired) electrons. The number of carbonyl (C=O) groups is 3. The Morgan fingerprint density at radius 3 is 2.11 bits per heavy atom. The number of hydrogen-bond donors (Lipinski definition) is 3. The summed E-state index contributed by atoms with van der Waals surface area (Å²) in [7, 11) is 0. The lowest BCUT2D eigenvalue weighted by atomic mass is 9.95. The molecule has 1 aromatic rings. The van der Waals surface area contributed by atoms with Crippen LogP contribution in [0.1, 0.15) is 93.2 Å². The van der Waals surface area contributed by atoms with E-state index in [1.807, 2.05) is 34.0 Å². The van der Waals surface area contributed by atoms with Crippen LogP contribution in [0, 0.1) is 5.92 Å². The molecule has 0 saturated carbocycles. The topological polar surface area (TPSA) is 108 Å². The number of aromatic hydroxyl groups is 1. The zero-order valence-corrected chi connectivity index (χ0v) is 25.7. The second-order valence-electron chi connectivity index (χ2n) is 12.2. The molecule has 3 atom stereocenters. The van der Waals surface area contributed by atoms with E-state index in [1.54, 1.807) is 55.6 Å². The van der Waals surface area contributed by atoms with Gasteiger partial charge in [0.05, 0.1) is 0 Å². The Morgan fingerprint density at radius 2 is 1.61 bits per heavy atom. The van der Waals surface area contributed by atoms with Crippen molar-refractivity contribution in [1.29, 1.82) is 0 Å². The molecule has 0 aliphatic heterocycles. The smallest absolute Gasteiger partial charge is 0.408 e. The second-order valence-corrected chi connectivity index (χ2v) is 13.2. The van der Waals surface area contributed by atoms with E-state index in [0.29, 0.717) is 30.1 Å². The number of rotatable bonds is 12. The molecule has 0 aromatic heterocycles. The van der Waals surface area contributed by atoms with Crippen molar-refractivity contribution < 1.29 is 24.2 Å². The lowest BCUT2D eigenvalue weighted by Gasteiger charge is -2.40. The molecule has 0 aliphatic carbocycles. The predicted molar refractivity (Wildman–Crippen MR) is 155 cm³/mol. The number of ether oxygens (including phenoxy) is 1. The third-order valence-electron chi connectivity index (χ3n) is 5.75. The highest BCUT2D eigenvalue weighted by Gasteiger charge is 2.40. The minimum absolute atomic E-state index is 0.0730. The van der Waals surface area contributed by atoms with E-state index in [2.05, 4.69) is 24.5 Å². The maximum absolute atomic E-state index is 14.3. The van der Waals surface area contributed by atoms with E-state index >= 15 is 0 Å². The van der Waals surface area contributed by atoms with Crippen molar-refractivity contribution >= 4 is 29.7 Å². The normalized spacial score (nSPS) is 14.4. The van der Waals surface area contributed by atoms with Gasteiger partial charge in [-0.1, -0.05) is 32.0 Å². The summed E-state index contributed by atoms with van der Waals surface area (Å²) in [6, 6.07) is 4.23. The van der Waals surface area contributed by atoms with E-state index < -0.39 is 41.1 Å². The van der Waals surface area contributed by atoms with Crippen LogP contribution in [0.2, 0.25) is 0 Å². The van der Waals surface area contributed by atoms with Crippen LogP contribution in [0.4, 0.5) is 4.79 Å². The van der Waals surface area contributed by atoms with E-state index in [1.165, 1.54) is 6.07 Å². The van der Waals surface area contributed by atoms with Crippen LogP contribution in [0.5, 0.6) is 5.75 Å². The maximum atomic E-state index is 14.3. The van der Waals surface area contributed by atoms with Crippen LogP contribution in [0.15, 0.2) is 24.3 Å². The molecule has 8 nitrogen and oxygen atoms in total. The van der Waals surface area contributed by atoms with Crippen LogP contribution in [-0.2, 0) is 14.3 Å². The molecule has 3 amide bonds. The molecule has 9 heteroatoms. The summed E-state index contributed by atoms with van der Waals surface area (Å²) in [6.45, 7) is 17.0. The van der Waals surface area contributed by atoms with Gasteiger partial charge in [-0.25, -0.2) is 4.79 Å². The fourth-order valence-corrected chi connectivity index (χ4v) is 4.48. The minimum Gasteiger partial charge on any atom is -0.508 e. The van der Waals surface area contributed by atoms with E-state index in [-0.39, 0.29) is 11.8 Å². The highest BCUT2D eigenvalue weighted by Crippen LogP contribution is 2.33. The number of phenolic OH excluding ortho intramolecular Hbond substituents is 1. The highest BCUT2D eigenvalue weighted by atomic mass is 32.2. The van der Waals surface area contributed by atoms with Crippen molar-refractivity contribution in [3.8, 4) is 5.75 Å². The van der Waals surface area contributed by atoms with E-state index in [9.17, 15) is 19.5 Å². The number of carbonyl (C=O) groups excluding carboxylic acids is 3. The molecular weight excluding hydrogens is 502 g/mol. The molecule has 38 heavy (non-hydrogen) atoms. The van der Waals surface area contributed by atoms with Gasteiger partial charge in [-0.3, -0.25) is 9.59 Å². The van der Waals surface area contributed by atoms with Gasteiger partial charge in [-0.15, -0.1) is 0 Å². The second kappa shape index (κ2) is 14.7. The first-order chi connectivity index (χ1) is 17.5. The van der Waals surface area contributed by atoms with Gasteiger partial charge in [-0.2, -0.15) is 11.8 Å². The number of amides is 3. The first-order valence-electron chi connectivity index (χ1n) is 13.4. The molecule has 3 unspecified atom stereocenters. The molecule has 0 fully saturated rings. The van der Waals surface area contributed by atoms with Crippen LogP contribution in [-0.4, -0.2) is 63.1 Å². The number of hydrogen-bond acceptors (Lipinski definition) is 6. The molecule has 0 spiro atoms. The lowest BCUT2D eigenvalue weighted by molar-refractivity contribution is -0.146. The molecule has 0 aliphatic rings. The summed E-state index contributed by atoms with van der Waals surface area (Å²) in [4.78, 5) is 42.4. The maximum Gasteiger partial charge on any atom is 0.408 e. The van der Waals surface area contributed by atoms with Crippen LogP contribution < -0.4 is 10.6 Å². The van der Waals surface area contributed by atoms with Gasteiger partial charge in [0.2, 0.25) is 11.8 Å². The van der Waals surface area contributed by atoms with Crippen molar-refractivity contribution in [1.82, 2.24) is 15.5 Å². The monoisotopic (exact) mass is 551 g/mol. The van der Waals surface area contributed by atoms with Crippen molar-refractivity contribution in [3.05, 3.63) is 29.8 Å². The van der Waals surface area contributed by atoms with Gasteiger partial charge in [0.15, 0.2) is 0 Å². The zero-order valence-electron chi connectivity index (χ0n) is 24.9. The number of nitrogens with zero attached hydrogens (tertiary/aromatic N) is 1. The lowest BCUT2D eigenvalue weighted by Crippen LogP contribution is -2.57. The third kappa shape index (κ3) is 11.5. The standard InChI is InChI=1S/C29H49N3O5S/c1-19(2)15-16-20(3)32(26(35)22(17-18-38-10)30-27(36)37-29(7,8)9)24(25(34)31-28(4,5)6)21-13-11-12-14-23(21)33/h11-14,19-20,22,24,33H,15-18H2,1-10H3,(H,30,36)(H,31,34). The fraction of sp³-hybridized carbons (Fsp3) is 0.690. The molecule has 1 rings (SSSR count).